The molecule has 136 valence electrons. The molecule has 2 saturated heterocycles. The van der Waals surface area contributed by atoms with Crippen molar-refractivity contribution in [2.24, 2.45) is 5.41 Å². The Morgan fingerprint density at radius 2 is 2.35 bits per heavy atom. The van der Waals surface area contributed by atoms with Crippen LogP contribution in [-0.2, 0) is 4.79 Å². The Bertz CT molecular complexity index is 845. The average molecular weight is 388 g/mol. The first-order valence-corrected chi connectivity index (χ1v) is 10.4. The van der Waals surface area contributed by atoms with E-state index in [1.807, 2.05) is 34.2 Å². The minimum atomic E-state index is -0.553. The summed E-state index contributed by atoms with van der Waals surface area (Å²) < 4.78 is 0. The zero-order valence-electron chi connectivity index (χ0n) is 14.7. The molecule has 0 aromatic carbocycles. The van der Waals surface area contributed by atoms with Gasteiger partial charge in [-0.25, -0.2) is 4.98 Å². The number of hydrogen-bond donors (Lipinski definition) is 0. The van der Waals surface area contributed by atoms with E-state index in [0.29, 0.717) is 26.2 Å². The van der Waals surface area contributed by atoms with Gasteiger partial charge in [-0.3, -0.25) is 9.59 Å². The third kappa shape index (κ3) is 2.70. The number of aromatic nitrogens is 1. The lowest BCUT2D eigenvalue weighted by atomic mass is 9.77. The second-order valence-electron chi connectivity index (χ2n) is 6.96. The topological polar surface area (TPSA) is 53.5 Å². The normalized spacial score (nSPS) is 25.4. The maximum Gasteiger partial charge on any atom is 0.263 e. The minimum Gasteiger partial charge on any atom is -0.338 e. The molecule has 2 unspecified atom stereocenters. The molecule has 0 saturated carbocycles. The standard InChI is InChI=1S/C19H21N3O2S2/c1-3-8-21-9-6-19(18(21)24)12-22(11-14(19)16-20-7-10-25-16)17(23)15-5-4-13(2)26-15/h3-5,7,10,14H,1,6,8-9,11-12H2,2H3. The summed E-state index contributed by atoms with van der Waals surface area (Å²) in [4.78, 5) is 36.3. The van der Waals surface area contributed by atoms with Crippen LogP contribution in [0.4, 0.5) is 0 Å². The number of likely N-dealkylation sites (tertiary alicyclic amines) is 2. The molecule has 0 bridgehead atoms. The Morgan fingerprint density at radius 1 is 1.50 bits per heavy atom. The second-order valence-corrected chi connectivity index (χ2v) is 9.18. The van der Waals surface area contributed by atoms with Crippen molar-refractivity contribution in [2.75, 3.05) is 26.2 Å². The van der Waals surface area contributed by atoms with E-state index in [4.69, 9.17) is 0 Å². The maximum absolute atomic E-state index is 13.3. The number of nitrogens with zero attached hydrogens (tertiary/aromatic N) is 3. The number of thiazole rings is 1. The van der Waals surface area contributed by atoms with Gasteiger partial charge < -0.3 is 9.80 Å². The molecule has 2 fully saturated rings. The molecule has 2 aromatic heterocycles. The van der Waals surface area contributed by atoms with E-state index in [0.717, 1.165) is 21.2 Å². The molecular formula is C19H21N3O2S2. The highest BCUT2D eigenvalue weighted by atomic mass is 32.1. The number of carbonyl (C=O) groups is 2. The summed E-state index contributed by atoms with van der Waals surface area (Å²) in [7, 11) is 0. The van der Waals surface area contributed by atoms with E-state index >= 15 is 0 Å². The van der Waals surface area contributed by atoms with Crippen molar-refractivity contribution in [1.29, 1.82) is 0 Å². The quantitative estimate of drug-likeness (QED) is 0.758. The first-order chi connectivity index (χ1) is 12.5. The van der Waals surface area contributed by atoms with Crippen LogP contribution in [0.15, 0.2) is 36.4 Å². The van der Waals surface area contributed by atoms with Gasteiger partial charge in [-0.1, -0.05) is 6.08 Å². The van der Waals surface area contributed by atoms with Gasteiger partial charge in [0.25, 0.3) is 5.91 Å². The summed E-state index contributed by atoms with van der Waals surface area (Å²) in [5.74, 6) is 0.126. The fraction of sp³-hybridized carbons (Fsp3) is 0.421. The monoisotopic (exact) mass is 387 g/mol. The van der Waals surface area contributed by atoms with Gasteiger partial charge in [0.15, 0.2) is 0 Å². The zero-order valence-corrected chi connectivity index (χ0v) is 16.3. The van der Waals surface area contributed by atoms with Crippen molar-refractivity contribution in [3.05, 3.63) is 51.1 Å². The third-order valence-corrected chi connectivity index (χ3v) is 7.30. The van der Waals surface area contributed by atoms with Gasteiger partial charge in [0.05, 0.1) is 15.3 Å². The summed E-state index contributed by atoms with van der Waals surface area (Å²) in [6.45, 7) is 8.06. The fourth-order valence-corrected chi connectivity index (χ4v) is 5.83. The summed E-state index contributed by atoms with van der Waals surface area (Å²) in [6.07, 6.45) is 4.31. The Balaban J connectivity index is 1.67. The molecule has 2 amide bonds. The van der Waals surface area contributed by atoms with Crippen molar-refractivity contribution in [3.63, 3.8) is 0 Å². The van der Waals surface area contributed by atoms with Gasteiger partial charge in [0.2, 0.25) is 5.91 Å². The van der Waals surface area contributed by atoms with Gasteiger partial charge in [-0.2, -0.15) is 0 Å². The van der Waals surface area contributed by atoms with E-state index in [9.17, 15) is 9.59 Å². The third-order valence-electron chi connectivity index (χ3n) is 5.42. The summed E-state index contributed by atoms with van der Waals surface area (Å²) in [6, 6.07) is 3.85. The van der Waals surface area contributed by atoms with Crippen LogP contribution in [0.2, 0.25) is 0 Å². The number of amides is 2. The molecule has 5 nitrogen and oxygen atoms in total. The smallest absolute Gasteiger partial charge is 0.263 e. The lowest BCUT2D eigenvalue weighted by molar-refractivity contribution is -0.135. The highest BCUT2D eigenvalue weighted by Crippen LogP contribution is 2.50. The van der Waals surface area contributed by atoms with Crippen molar-refractivity contribution in [3.8, 4) is 0 Å². The predicted octanol–water partition coefficient (Wildman–Crippen LogP) is 3.16. The van der Waals surface area contributed by atoms with Crippen LogP contribution in [0.25, 0.3) is 0 Å². The fourth-order valence-electron chi connectivity index (χ4n) is 4.15. The maximum atomic E-state index is 13.3. The minimum absolute atomic E-state index is 0.0245. The highest BCUT2D eigenvalue weighted by molar-refractivity contribution is 7.13. The Labute approximate surface area is 161 Å². The van der Waals surface area contributed by atoms with Gasteiger partial charge in [0, 0.05) is 48.6 Å². The molecule has 0 N–H and O–H groups in total. The largest absolute Gasteiger partial charge is 0.338 e. The number of aryl methyl sites for hydroxylation is 1. The molecule has 2 aromatic rings. The lowest BCUT2D eigenvalue weighted by Gasteiger charge is -2.27. The van der Waals surface area contributed by atoms with Crippen molar-refractivity contribution < 1.29 is 9.59 Å². The molecule has 0 aliphatic carbocycles. The number of carbonyl (C=O) groups excluding carboxylic acids is 2. The van der Waals surface area contributed by atoms with Gasteiger partial charge in [0.1, 0.15) is 0 Å². The van der Waals surface area contributed by atoms with Crippen LogP contribution >= 0.6 is 22.7 Å². The van der Waals surface area contributed by atoms with Crippen LogP contribution in [0.1, 0.15) is 31.9 Å². The van der Waals surface area contributed by atoms with Crippen molar-refractivity contribution >= 4 is 34.5 Å². The van der Waals surface area contributed by atoms with E-state index in [-0.39, 0.29) is 17.7 Å². The predicted molar refractivity (Wildman–Crippen MR) is 104 cm³/mol. The Kier molecular flexibility index (Phi) is 4.44. The van der Waals surface area contributed by atoms with Crippen LogP contribution < -0.4 is 0 Å². The summed E-state index contributed by atoms with van der Waals surface area (Å²) in [5, 5.41) is 2.90. The molecule has 7 heteroatoms. The Morgan fingerprint density at radius 3 is 3.00 bits per heavy atom. The highest BCUT2D eigenvalue weighted by Gasteiger charge is 2.58. The van der Waals surface area contributed by atoms with Crippen LogP contribution in [0.3, 0.4) is 0 Å². The first-order valence-electron chi connectivity index (χ1n) is 8.70. The number of thiophene rings is 1. The molecular weight excluding hydrogens is 366 g/mol. The number of rotatable bonds is 4. The van der Waals surface area contributed by atoms with Crippen molar-refractivity contribution in [1.82, 2.24) is 14.8 Å². The SMILES string of the molecule is C=CCN1CCC2(CN(C(=O)c3ccc(C)s3)CC2c2nccs2)C1=O. The molecule has 2 aliphatic rings. The first kappa shape index (κ1) is 17.4. The average Bonchev–Trinajstić information content (AvgIpc) is 3.39. The van der Waals surface area contributed by atoms with E-state index in [1.54, 1.807) is 23.6 Å². The molecule has 26 heavy (non-hydrogen) atoms. The van der Waals surface area contributed by atoms with Crippen molar-refractivity contribution in [2.45, 2.75) is 19.3 Å². The Hall–Kier alpha value is -1.99. The van der Waals surface area contributed by atoms with E-state index in [1.165, 1.54) is 11.3 Å². The lowest BCUT2D eigenvalue weighted by Crippen LogP contribution is -2.40. The zero-order chi connectivity index (χ0) is 18.3. The van der Waals surface area contributed by atoms with Crippen LogP contribution in [-0.4, -0.2) is 52.8 Å². The summed E-state index contributed by atoms with van der Waals surface area (Å²) >= 11 is 3.08. The van der Waals surface area contributed by atoms with E-state index in [2.05, 4.69) is 11.6 Å². The number of hydrogen-bond acceptors (Lipinski definition) is 5. The molecule has 2 aliphatic heterocycles. The van der Waals surface area contributed by atoms with Crippen LogP contribution in [0, 0.1) is 12.3 Å². The van der Waals surface area contributed by atoms with Gasteiger partial charge >= 0.3 is 0 Å². The van der Waals surface area contributed by atoms with Gasteiger partial charge in [-0.15, -0.1) is 29.3 Å². The second kappa shape index (κ2) is 6.63. The molecule has 0 radical (unpaired) electrons. The molecule has 1 spiro atoms. The molecule has 4 rings (SSSR count). The van der Waals surface area contributed by atoms with Crippen LogP contribution in [0.5, 0.6) is 0 Å². The molecule has 2 atom stereocenters. The summed E-state index contributed by atoms with van der Waals surface area (Å²) in [5.41, 5.74) is -0.553. The van der Waals surface area contributed by atoms with Gasteiger partial charge in [-0.05, 0) is 25.5 Å². The van der Waals surface area contributed by atoms with E-state index < -0.39 is 5.41 Å². The molecule has 4 heterocycles.